The number of fused-ring (bicyclic) bond motifs is 1. The molecule has 3 atom stereocenters. The Hall–Kier alpha value is -3.74. The van der Waals surface area contributed by atoms with Crippen LogP contribution in [0.2, 0.25) is 0 Å². The Balaban J connectivity index is 1.30. The average Bonchev–Trinajstić information content (AvgIpc) is 3.31. The predicted molar refractivity (Wildman–Crippen MR) is 131 cm³/mol. The van der Waals surface area contributed by atoms with Gasteiger partial charge in [-0.2, -0.15) is 0 Å². The van der Waals surface area contributed by atoms with E-state index in [0.29, 0.717) is 18.5 Å². The number of rotatable bonds is 4. The van der Waals surface area contributed by atoms with E-state index in [1.54, 1.807) is 29.2 Å². The third kappa shape index (κ3) is 4.27. The summed E-state index contributed by atoms with van der Waals surface area (Å²) in [5, 5.41) is 0. The summed E-state index contributed by atoms with van der Waals surface area (Å²) < 4.78 is 5.61. The largest absolute Gasteiger partial charge is 0.426 e. The van der Waals surface area contributed by atoms with Gasteiger partial charge in [0.1, 0.15) is 5.75 Å². The minimum Gasteiger partial charge on any atom is -0.426 e. The molecule has 3 amide bonds. The Morgan fingerprint density at radius 1 is 0.886 bits per heavy atom. The van der Waals surface area contributed by atoms with Gasteiger partial charge in [0.2, 0.25) is 17.7 Å². The molecule has 2 saturated heterocycles. The molecule has 2 aromatic rings. The summed E-state index contributed by atoms with van der Waals surface area (Å²) in [5.41, 5.74) is 4.40. The number of benzene rings is 2. The van der Waals surface area contributed by atoms with E-state index in [1.165, 1.54) is 4.90 Å². The number of amides is 3. The van der Waals surface area contributed by atoms with Crippen molar-refractivity contribution in [2.24, 2.45) is 17.8 Å². The third-order valence-corrected chi connectivity index (χ3v) is 7.09. The van der Waals surface area contributed by atoms with Crippen LogP contribution in [0.1, 0.15) is 37.3 Å². The molecule has 1 aliphatic carbocycles. The summed E-state index contributed by atoms with van der Waals surface area (Å²) in [4.78, 5) is 54.4. The highest BCUT2D eigenvalue weighted by Crippen LogP contribution is 2.40. The SMILES string of the molecule is CC1=CC[C@H]2C(=O)N(c3cccc(OC(=O)[C@H]4CC(=O)N(c5cc(C)cc(C)c5)C4)c3)C(=O)[C@H]2C1. The van der Waals surface area contributed by atoms with Crippen molar-refractivity contribution in [1.29, 1.82) is 0 Å². The van der Waals surface area contributed by atoms with Crippen molar-refractivity contribution in [3.05, 3.63) is 65.2 Å². The lowest BCUT2D eigenvalue weighted by Crippen LogP contribution is -2.31. The number of aryl methyl sites for hydroxylation is 2. The molecule has 3 aliphatic rings. The van der Waals surface area contributed by atoms with Crippen LogP contribution in [-0.4, -0.2) is 30.2 Å². The average molecular weight is 473 g/mol. The number of hydrogen-bond acceptors (Lipinski definition) is 5. The third-order valence-electron chi connectivity index (χ3n) is 7.09. The van der Waals surface area contributed by atoms with Crippen LogP contribution < -0.4 is 14.5 Å². The van der Waals surface area contributed by atoms with Gasteiger partial charge < -0.3 is 9.64 Å². The molecule has 2 aromatic carbocycles. The predicted octanol–water partition coefficient (Wildman–Crippen LogP) is 4.11. The van der Waals surface area contributed by atoms with Crippen LogP contribution in [-0.2, 0) is 19.2 Å². The van der Waals surface area contributed by atoms with Gasteiger partial charge in [-0.05, 0) is 69.0 Å². The first-order chi connectivity index (χ1) is 16.7. The van der Waals surface area contributed by atoms with Gasteiger partial charge in [0.25, 0.3) is 0 Å². The number of carbonyl (C=O) groups is 4. The Morgan fingerprint density at radius 2 is 1.60 bits per heavy atom. The highest BCUT2D eigenvalue weighted by Gasteiger charge is 2.48. The summed E-state index contributed by atoms with van der Waals surface area (Å²) in [6.45, 7) is 6.17. The van der Waals surface area contributed by atoms with E-state index in [-0.39, 0.29) is 48.3 Å². The zero-order valence-electron chi connectivity index (χ0n) is 20.1. The van der Waals surface area contributed by atoms with Gasteiger partial charge >= 0.3 is 5.97 Å². The minimum atomic E-state index is -0.598. The van der Waals surface area contributed by atoms with E-state index in [2.05, 4.69) is 0 Å². The van der Waals surface area contributed by atoms with Gasteiger partial charge in [-0.1, -0.05) is 23.8 Å². The zero-order chi connectivity index (χ0) is 24.9. The Kier molecular flexibility index (Phi) is 5.79. The molecule has 0 bridgehead atoms. The number of nitrogens with zero attached hydrogens (tertiary/aromatic N) is 2. The van der Waals surface area contributed by atoms with Crippen molar-refractivity contribution in [2.45, 2.75) is 40.0 Å². The molecule has 2 aliphatic heterocycles. The van der Waals surface area contributed by atoms with E-state index in [9.17, 15) is 19.2 Å². The van der Waals surface area contributed by atoms with Crippen molar-refractivity contribution in [3.63, 3.8) is 0 Å². The van der Waals surface area contributed by atoms with Crippen molar-refractivity contribution in [3.8, 4) is 5.75 Å². The molecule has 0 unspecified atom stereocenters. The number of ether oxygens (including phenoxy) is 1. The Bertz CT molecular complexity index is 1260. The number of imide groups is 1. The van der Waals surface area contributed by atoms with Crippen LogP contribution in [0.3, 0.4) is 0 Å². The molecule has 0 N–H and O–H groups in total. The summed E-state index contributed by atoms with van der Waals surface area (Å²) in [7, 11) is 0. The molecule has 7 nitrogen and oxygen atoms in total. The smallest absolute Gasteiger partial charge is 0.316 e. The summed E-state index contributed by atoms with van der Waals surface area (Å²) >= 11 is 0. The molecule has 180 valence electrons. The number of hydrogen-bond donors (Lipinski definition) is 0. The van der Waals surface area contributed by atoms with E-state index in [1.807, 2.05) is 45.0 Å². The van der Waals surface area contributed by atoms with Gasteiger partial charge in [0, 0.05) is 24.7 Å². The highest BCUT2D eigenvalue weighted by molar-refractivity contribution is 6.22. The Morgan fingerprint density at radius 3 is 2.34 bits per heavy atom. The molecular formula is C28H28N2O5. The molecule has 7 heteroatoms. The number of anilines is 2. The molecule has 5 rings (SSSR count). The number of allylic oxidation sites excluding steroid dienone is 2. The molecule has 0 spiro atoms. The molecule has 0 radical (unpaired) electrons. The van der Waals surface area contributed by atoms with Gasteiger partial charge in [-0.25, -0.2) is 4.90 Å². The highest BCUT2D eigenvalue weighted by atomic mass is 16.5. The number of carbonyl (C=O) groups excluding carboxylic acids is 4. The van der Waals surface area contributed by atoms with Crippen molar-refractivity contribution in [2.75, 3.05) is 16.3 Å². The second-order valence-electron chi connectivity index (χ2n) is 9.88. The monoisotopic (exact) mass is 472 g/mol. The van der Waals surface area contributed by atoms with Crippen LogP contribution in [0, 0.1) is 31.6 Å². The van der Waals surface area contributed by atoms with Crippen LogP contribution in [0.15, 0.2) is 54.1 Å². The lowest BCUT2D eigenvalue weighted by molar-refractivity contribution is -0.139. The lowest BCUT2D eigenvalue weighted by atomic mass is 9.82. The summed E-state index contributed by atoms with van der Waals surface area (Å²) in [6.07, 6.45) is 3.26. The standard InChI is InChI=1S/C28H28N2O5/c1-16-7-8-23-24(12-16)27(33)30(26(23)32)20-5-4-6-22(14-20)35-28(34)19-13-25(31)29(15-19)21-10-17(2)9-18(3)11-21/h4-7,9-11,14,19,23-24H,8,12-13,15H2,1-3H3/t19-,23+,24-/m0/s1. The first-order valence-corrected chi connectivity index (χ1v) is 11.9. The maximum atomic E-state index is 13.0. The fourth-order valence-electron chi connectivity index (χ4n) is 5.40. The number of esters is 1. The van der Waals surface area contributed by atoms with Crippen molar-refractivity contribution in [1.82, 2.24) is 0 Å². The first kappa shape index (κ1) is 23.0. The quantitative estimate of drug-likeness (QED) is 0.289. The van der Waals surface area contributed by atoms with Gasteiger partial charge in [-0.3, -0.25) is 19.2 Å². The van der Waals surface area contributed by atoms with Gasteiger partial charge in [-0.15, -0.1) is 0 Å². The van der Waals surface area contributed by atoms with Crippen LogP contribution in [0.5, 0.6) is 5.75 Å². The fourth-order valence-corrected chi connectivity index (χ4v) is 5.40. The maximum absolute atomic E-state index is 13.0. The molecular weight excluding hydrogens is 444 g/mol. The fraction of sp³-hybridized carbons (Fsp3) is 0.357. The zero-order valence-corrected chi connectivity index (χ0v) is 20.1. The van der Waals surface area contributed by atoms with E-state index < -0.39 is 11.9 Å². The van der Waals surface area contributed by atoms with Crippen LogP contribution in [0.4, 0.5) is 11.4 Å². The van der Waals surface area contributed by atoms with E-state index >= 15 is 0 Å². The van der Waals surface area contributed by atoms with E-state index in [4.69, 9.17) is 4.74 Å². The van der Waals surface area contributed by atoms with Crippen molar-refractivity contribution < 1.29 is 23.9 Å². The van der Waals surface area contributed by atoms with Crippen LogP contribution in [0.25, 0.3) is 0 Å². The lowest BCUT2D eigenvalue weighted by Gasteiger charge is -2.19. The minimum absolute atomic E-state index is 0.0737. The van der Waals surface area contributed by atoms with Crippen molar-refractivity contribution >= 4 is 35.1 Å². The Labute approximate surface area is 204 Å². The maximum Gasteiger partial charge on any atom is 0.316 e. The first-order valence-electron chi connectivity index (χ1n) is 11.9. The molecule has 0 saturated carbocycles. The molecule has 35 heavy (non-hydrogen) atoms. The van der Waals surface area contributed by atoms with E-state index in [0.717, 1.165) is 22.4 Å². The van der Waals surface area contributed by atoms with Crippen LogP contribution >= 0.6 is 0 Å². The van der Waals surface area contributed by atoms with Gasteiger partial charge in [0.15, 0.2) is 0 Å². The molecule has 2 heterocycles. The summed E-state index contributed by atoms with van der Waals surface area (Å²) in [6, 6.07) is 12.4. The second kappa shape index (κ2) is 8.80. The molecule has 2 fully saturated rings. The normalized spacial score (nSPS) is 24.0. The second-order valence-corrected chi connectivity index (χ2v) is 9.88. The summed E-state index contributed by atoms with van der Waals surface area (Å²) in [5.74, 6) is -2.06. The molecule has 0 aromatic heterocycles. The van der Waals surface area contributed by atoms with Gasteiger partial charge in [0.05, 0.1) is 23.4 Å². The topological polar surface area (TPSA) is 84.0 Å².